The summed E-state index contributed by atoms with van der Waals surface area (Å²) in [4.78, 5) is 0. The summed E-state index contributed by atoms with van der Waals surface area (Å²) in [6, 6.07) is 8.79. The lowest BCUT2D eigenvalue weighted by atomic mass is 10.2. The standard InChI is InChI=1S/C14H14F2N2O/c1-19-14-7-13(12(17)6-11(14)16)18-8-9-2-4-10(15)5-3-9/h2-7,18H,8,17H2,1H3. The number of nitrogens with one attached hydrogen (secondary N) is 1. The summed E-state index contributed by atoms with van der Waals surface area (Å²) >= 11 is 0. The third-order valence-corrected chi connectivity index (χ3v) is 2.72. The second-order valence-corrected chi connectivity index (χ2v) is 4.05. The van der Waals surface area contributed by atoms with Gasteiger partial charge in [0.2, 0.25) is 0 Å². The molecule has 0 saturated heterocycles. The fourth-order valence-electron chi connectivity index (χ4n) is 1.68. The van der Waals surface area contributed by atoms with E-state index in [1.807, 2.05) is 0 Å². The lowest BCUT2D eigenvalue weighted by Gasteiger charge is -2.12. The molecule has 0 unspecified atom stereocenters. The van der Waals surface area contributed by atoms with E-state index >= 15 is 0 Å². The Labute approximate surface area is 110 Å². The predicted octanol–water partition coefficient (Wildman–Crippen LogP) is 3.17. The quantitative estimate of drug-likeness (QED) is 0.834. The first kappa shape index (κ1) is 13.1. The topological polar surface area (TPSA) is 47.3 Å². The number of rotatable bonds is 4. The summed E-state index contributed by atoms with van der Waals surface area (Å²) < 4.78 is 31.0. The van der Waals surface area contributed by atoms with Gasteiger partial charge in [0.25, 0.3) is 0 Å². The number of halogens is 2. The van der Waals surface area contributed by atoms with Crippen molar-refractivity contribution in [3.63, 3.8) is 0 Å². The van der Waals surface area contributed by atoms with E-state index in [-0.39, 0.29) is 11.6 Å². The molecule has 0 amide bonds. The van der Waals surface area contributed by atoms with Gasteiger partial charge >= 0.3 is 0 Å². The van der Waals surface area contributed by atoms with Gasteiger partial charge in [0.1, 0.15) is 5.82 Å². The monoisotopic (exact) mass is 264 g/mol. The van der Waals surface area contributed by atoms with Crippen LogP contribution in [0.25, 0.3) is 0 Å². The van der Waals surface area contributed by atoms with Gasteiger partial charge in [-0.15, -0.1) is 0 Å². The van der Waals surface area contributed by atoms with Gasteiger partial charge < -0.3 is 15.8 Å². The molecular weight excluding hydrogens is 250 g/mol. The maximum Gasteiger partial charge on any atom is 0.167 e. The molecule has 0 fully saturated rings. The fourth-order valence-corrected chi connectivity index (χ4v) is 1.68. The van der Waals surface area contributed by atoms with Crippen LogP contribution >= 0.6 is 0 Å². The molecule has 0 aromatic heterocycles. The van der Waals surface area contributed by atoms with Crippen LogP contribution in [0.3, 0.4) is 0 Å². The highest BCUT2D eigenvalue weighted by molar-refractivity contribution is 5.68. The predicted molar refractivity (Wildman–Crippen MR) is 71.1 cm³/mol. The van der Waals surface area contributed by atoms with Crippen LogP contribution in [-0.4, -0.2) is 7.11 Å². The lowest BCUT2D eigenvalue weighted by molar-refractivity contribution is 0.387. The number of hydrogen-bond acceptors (Lipinski definition) is 3. The van der Waals surface area contributed by atoms with Crippen LogP contribution in [0.4, 0.5) is 20.2 Å². The summed E-state index contributed by atoms with van der Waals surface area (Å²) in [6.07, 6.45) is 0. The molecule has 0 aliphatic carbocycles. The van der Waals surface area contributed by atoms with Gasteiger partial charge in [-0.25, -0.2) is 8.78 Å². The van der Waals surface area contributed by atoms with Gasteiger partial charge in [-0.2, -0.15) is 0 Å². The van der Waals surface area contributed by atoms with Gasteiger partial charge in [0, 0.05) is 18.7 Å². The Kier molecular flexibility index (Phi) is 3.85. The minimum atomic E-state index is -0.507. The van der Waals surface area contributed by atoms with Gasteiger partial charge in [-0.1, -0.05) is 12.1 Å². The zero-order valence-corrected chi connectivity index (χ0v) is 10.4. The summed E-state index contributed by atoms with van der Waals surface area (Å²) in [5.74, 6) is -0.671. The van der Waals surface area contributed by atoms with Crippen LogP contribution in [0, 0.1) is 11.6 Å². The highest BCUT2D eigenvalue weighted by atomic mass is 19.1. The Morgan fingerprint density at radius 3 is 2.47 bits per heavy atom. The maximum atomic E-state index is 13.4. The van der Waals surface area contributed by atoms with Gasteiger partial charge in [0.05, 0.1) is 18.5 Å². The van der Waals surface area contributed by atoms with Crippen molar-refractivity contribution in [2.24, 2.45) is 0 Å². The molecule has 19 heavy (non-hydrogen) atoms. The van der Waals surface area contributed by atoms with Crippen LogP contribution in [0.5, 0.6) is 5.75 Å². The molecule has 3 nitrogen and oxygen atoms in total. The smallest absolute Gasteiger partial charge is 0.167 e. The first-order valence-electron chi connectivity index (χ1n) is 5.71. The highest BCUT2D eigenvalue weighted by Crippen LogP contribution is 2.28. The molecular formula is C14H14F2N2O. The number of hydrogen-bond donors (Lipinski definition) is 2. The number of methoxy groups -OCH3 is 1. The zero-order valence-electron chi connectivity index (χ0n) is 10.4. The first-order valence-corrected chi connectivity index (χ1v) is 5.71. The Balaban J connectivity index is 2.13. The molecule has 0 aliphatic heterocycles. The minimum absolute atomic E-state index is 0.121. The van der Waals surface area contributed by atoms with Crippen LogP contribution in [0.15, 0.2) is 36.4 Å². The highest BCUT2D eigenvalue weighted by Gasteiger charge is 2.08. The third-order valence-electron chi connectivity index (χ3n) is 2.72. The molecule has 0 heterocycles. The van der Waals surface area contributed by atoms with Gasteiger partial charge in [0.15, 0.2) is 11.6 Å². The van der Waals surface area contributed by atoms with Crippen molar-refractivity contribution < 1.29 is 13.5 Å². The van der Waals surface area contributed by atoms with Gasteiger partial charge in [-0.3, -0.25) is 0 Å². The Bertz CT molecular complexity index is 570. The van der Waals surface area contributed by atoms with E-state index in [1.54, 1.807) is 12.1 Å². The van der Waals surface area contributed by atoms with E-state index < -0.39 is 5.82 Å². The molecule has 2 aromatic carbocycles. The van der Waals surface area contributed by atoms with Crippen molar-refractivity contribution in [1.82, 2.24) is 0 Å². The van der Waals surface area contributed by atoms with Crippen LogP contribution in [-0.2, 0) is 6.54 Å². The zero-order chi connectivity index (χ0) is 13.8. The maximum absolute atomic E-state index is 13.4. The Hall–Kier alpha value is -2.30. The minimum Gasteiger partial charge on any atom is -0.494 e. The summed E-state index contributed by atoms with van der Waals surface area (Å²) in [7, 11) is 1.39. The Morgan fingerprint density at radius 1 is 1.16 bits per heavy atom. The molecule has 100 valence electrons. The van der Waals surface area contributed by atoms with Crippen molar-refractivity contribution in [1.29, 1.82) is 0 Å². The normalized spacial score (nSPS) is 10.3. The molecule has 3 N–H and O–H groups in total. The molecule has 2 aromatic rings. The summed E-state index contributed by atoms with van der Waals surface area (Å²) in [5, 5.41) is 3.06. The van der Waals surface area contributed by atoms with E-state index in [0.717, 1.165) is 5.56 Å². The third kappa shape index (κ3) is 3.13. The van der Waals surface area contributed by atoms with Crippen molar-refractivity contribution in [3.8, 4) is 5.75 Å². The number of benzene rings is 2. The van der Waals surface area contributed by atoms with E-state index in [0.29, 0.717) is 17.9 Å². The number of nitrogen functional groups attached to an aromatic ring is 1. The number of nitrogens with two attached hydrogens (primary N) is 1. The number of anilines is 2. The van der Waals surface area contributed by atoms with E-state index in [4.69, 9.17) is 10.5 Å². The van der Waals surface area contributed by atoms with Crippen LogP contribution in [0.1, 0.15) is 5.56 Å². The summed E-state index contributed by atoms with van der Waals surface area (Å²) in [5.41, 5.74) is 7.47. The van der Waals surface area contributed by atoms with Crippen molar-refractivity contribution in [3.05, 3.63) is 53.6 Å². The molecule has 0 aliphatic rings. The van der Waals surface area contributed by atoms with E-state index in [9.17, 15) is 8.78 Å². The van der Waals surface area contributed by atoms with Crippen molar-refractivity contribution in [2.45, 2.75) is 6.54 Å². The molecule has 0 spiro atoms. The van der Waals surface area contributed by atoms with Crippen molar-refractivity contribution >= 4 is 11.4 Å². The second kappa shape index (κ2) is 5.56. The Morgan fingerprint density at radius 2 is 1.84 bits per heavy atom. The molecule has 0 saturated carbocycles. The van der Waals surface area contributed by atoms with Gasteiger partial charge in [-0.05, 0) is 17.7 Å². The second-order valence-electron chi connectivity index (χ2n) is 4.05. The molecule has 5 heteroatoms. The van der Waals surface area contributed by atoms with Crippen molar-refractivity contribution in [2.75, 3.05) is 18.2 Å². The first-order chi connectivity index (χ1) is 9.10. The molecule has 0 atom stereocenters. The SMILES string of the molecule is COc1cc(NCc2ccc(F)cc2)c(N)cc1F. The molecule has 2 rings (SSSR count). The average molecular weight is 264 g/mol. The van der Waals surface area contributed by atoms with E-state index in [1.165, 1.54) is 31.4 Å². The molecule has 0 radical (unpaired) electrons. The van der Waals surface area contributed by atoms with Crippen LogP contribution < -0.4 is 15.8 Å². The lowest BCUT2D eigenvalue weighted by Crippen LogP contribution is -2.04. The largest absolute Gasteiger partial charge is 0.494 e. The van der Waals surface area contributed by atoms with E-state index in [2.05, 4.69) is 5.32 Å². The molecule has 0 bridgehead atoms. The summed E-state index contributed by atoms with van der Waals surface area (Å²) in [6.45, 7) is 0.458. The number of ether oxygens (including phenoxy) is 1. The fraction of sp³-hybridized carbons (Fsp3) is 0.143. The van der Waals surface area contributed by atoms with Crippen LogP contribution in [0.2, 0.25) is 0 Å². The average Bonchev–Trinajstić information content (AvgIpc) is 2.40.